The minimum Gasteiger partial charge on any atom is -0.445 e. The molecule has 1 aromatic carbocycles. The fourth-order valence-electron chi connectivity index (χ4n) is 2.70. The van der Waals surface area contributed by atoms with E-state index < -0.39 is 0 Å². The number of halogens is 1. The van der Waals surface area contributed by atoms with Crippen molar-refractivity contribution in [2.45, 2.75) is 20.0 Å². The Morgan fingerprint density at radius 1 is 1.33 bits per heavy atom. The lowest BCUT2D eigenvalue weighted by molar-refractivity contribution is 0.0998. The summed E-state index contributed by atoms with van der Waals surface area (Å²) >= 11 is 6.16. The molecule has 1 aliphatic rings. The van der Waals surface area contributed by atoms with E-state index in [1.807, 2.05) is 43.3 Å². The van der Waals surface area contributed by atoms with E-state index >= 15 is 0 Å². The van der Waals surface area contributed by atoms with E-state index in [9.17, 15) is 4.79 Å². The summed E-state index contributed by atoms with van der Waals surface area (Å²) in [6.07, 6.45) is 4.11. The zero-order valence-electron chi connectivity index (χ0n) is 13.4. The maximum Gasteiger partial charge on any atom is 0.410 e. The van der Waals surface area contributed by atoms with Crippen LogP contribution in [-0.2, 0) is 11.3 Å². The molecule has 0 unspecified atom stereocenters. The normalized spacial score (nSPS) is 14.2. The largest absolute Gasteiger partial charge is 0.445 e. The Hall–Kier alpha value is -2.40. The summed E-state index contributed by atoms with van der Waals surface area (Å²) < 4.78 is 5.37. The summed E-state index contributed by atoms with van der Waals surface area (Å²) in [5.74, 6) is 0. The summed E-state index contributed by atoms with van der Waals surface area (Å²) in [4.78, 5) is 13.9. The number of ether oxygens (including phenoxy) is 1. The number of amides is 1. The predicted molar refractivity (Wildman–Crippen MR) is 92.6 cm³/mol. The van der Waals surface area contributed by atoms with E-state index in [1.165, 1.54) is 0 Å². The smallest absolute Gasteiger partial charge is 0.410 e. The fraction of sp³-hybridized carbons (Fsp3) is 0.278. The van der Waals surface area contributed by atoms with Gasteiger partial charge in [-0.3, -0.25) is 0 Å². The van der Waals surface area contributed by atoms with Crippen molar-refractivity contribution in [1.29, 1.82) is 0 Å². The van der Waals surface area contributed by atoms with Crippen LogP contribution in [0.5, 0.6) is 0 Å². The van der Waals surface area contributed by atoms with Gasteiger partial charge in [0.1, 0.15) is 6.61 Å². The molecule has 0 fully saturated rings. The quantitative estimate of drug-likeness (QED) is 0.849. The lowest BCUT2D eigenvalue weighted by atomic mass is 9.98. The van der Waals surface area contributed by atoms with Crippen LogP contribution in [0.4, 0.5) is 4.79 Å². The molecule has 3 rings (SSSR count). The molecule has 0 saturated carbocycles. The van der Waals surface area contributed by atoms with Crippen LogP contribution in [0.15, 0.2) is 42.6 Å². The number of hydrogen-bond acceptors (Lipinski definition) is 4. The van der Waals surface area contributed by atoms with Crippen molar-refractivity contribution >= 4 is 23.3 Å². The maximum atomic E-state index is 12.2. The van der Waals surface area contributed by atoms with Gasteiger partial charge in [0.15, 0.2) is 5.15 Å². The van der Waals surface area contributed by atoms with Gasteiger partial charge in [0.05, 0.1) is 6.20 Å². The summed E-state index contributed by atoms with van der Waals surface area (Å²) in [5, 5.41) is 8.15. The molecule has 2 heterocycles. The van der Waals surface area contributed by atoms with Crippen molar-refractivity contribution in [2.75, 3.05) is 13.1 Å². The Bertz CT molecular complexity index is 742. The number of aryl methyl sites for hydroxylation is 1. The predicted octanol–water partition coefficient (Wildman–Crippen LogP) is 3.86. The van der Waals surface area contributed by atoms with Crippen molar-refractivity contribution in [3.63, 3.8) is 0 Å². The molecule has 0 saturated heterocycles. The first-order chi connectivity index (χ1) is 11.6. The van der Waals surface area contributed by atoms with Crippen LogP contribution in [0.2, 0.25) is 5.15 Å². The minimum atomic E-state index is -0.301. The lowest BCUT2D eigenvalue weighted by Crippen LogP contribution is -2.35. The molecule has 124 valence electrons. The second-order valence-corrected chi connectivity index (χ2v) is 6.02. The Morgan fingerprint density at radius 2 is 2.12 bits per heavy atom. The Labute approximate surface area is 145 Å². The number of aromatic nitrogens is 2. The highest BCUT2D eigenvalue weighted by atomic mass is 35.5. The third-order valence-electron chi connectivity index (χ3n) is 3.99. The molecule has 0 spiro atoms. The monoisotopic (exact) mass is 343 g/mol. The first-order valence-corrected chi connectivity index (χ1v) is 8.16. The molecule has 0 N–H and O–H groups in total. The highest BCUT2D eigenvalue weighted by molar-refractivity contribution is 6.31. The molecule has 0 bridgehead atoms. The van der Waals surface area contributed by atoms with Crippen LogP contribution >= 0.6 is 11.6 Å². The molecular weight excluding hydrogens is 326 g/mol. The number of rotatable bonds is 3. The molecule has 5 nitrogen and oxygen atoms in total. The van der Waals surface area contributed by atoms with Crippen LogP contribution < -0.4 is 0 Å². The molecular formula is C18H18ClN3O2. The van der Waals surface area contributed by atoms with E-state index in [-0.39, 0.29) is 12.7 Å². The summed E-state index contributed by atoms with van der Waals surface area (Å²) in [7, 11) is 0. The average Bonchev–Trinajstić information content (AvgIpc) is 2.61. The van der Waals surface area contributed by atoms with E-state index in [1.54, 1.807) is 11.1 Å². The third-order valence-corrected chi connectivity index (χ3v) is 4.26. The highest BCUT2D eigenvalue weighted by Crippen LogP contribution is 2.29. The van der Waals surface area contributed by atoms with E-state index in [2.05, 4.69) is 10.2 Å². The molecule has 1 aliphatic heterocycles. The molecule has 0 radical (unpaired) electrons. The average molecular weight is 344 g/mol. The van der Waals surface area contributed by atoms with Crippen molar-refractivity contribution in [1.82, 2.24) is 15.1 Å². The van der Waals surface area contributed by atoms with Gasteiger partial charge in [-0.2, -0.15) is 5.10 Å². The second kappa shape index (κ2) is 7.45. The maximum absolute atomic E-state index is 12.2. The van der Waals surface area contributed by atoms with Crippen LogP contribution in [0.25, 0.3) is 5.57 Å². The zero-order valence-corrected chi connectivity index (χ0v) is 14.2. The second-order valence-electron chi connectivity index (χ2n) is 5.66. The van der Waals surface area contributed by atoms with Crippen molar-refractivity contribution in [2.24, 2.45) is 0 Å². The van der Waals surface area contributed by atoms with Gasteiger partial charge in [-0.15, -0.1) is 5.10 Å². The fourth-order valence-corrected chi connectivity index (χ4v) is 3.02. The number of carbonyl (C=O) groups excluding carboxylic acids is 1. The first-order valence-electron chi connectivity index (χ1n) is 7.78. The van der Waals surface area contributed by atoms with E-state index in [0.29, 0.717) is 24.7 Å². The Kier molecular flexibility index (Phi) is 5.11. The number of hydrogen-bond donors (Lipinski definition) is 0. The van der Waals surface area contributed by atoms with Gasteiger partial charge in [-0.1, -0.05) is 48.0 Å². The van der Waals surface area contributed by atoms with Gasteiger partial charge in [-0.25, -0.2) is 4.79 Å². The van der Waals surface area contributed by atoms with Crippen molar-refractivity contribution in [3.05, 3.63) is 64.4 Å². The molecule has 1 amide bonds. The third kappa shape index (κ3) is 3.74. The molecule has 0 aliphatic carbocycles. The highest BCUT2D eigenvalue weighted by Gasteiger charge is 2.21. The molecule has 2 aromatic rings. The zero-order chi connectivity index (χ0) is 16.9. The van der Waals surface area contributed by atoms with Crippen LogP contribution in [0, 0.1) is 6.92 Å². The topological polar surface area (TPSA) is 55.3 Å². The van der Waals surface area contributed by atoms with Gasteiger partial charge < -0.3 is 9.64 Å². The number of carbonyl (C=O) groups is 1. The Balaban J connectivity index is 1.61. The molecule has 1 aromatic heterocycles. The SMILES string of the molecule is Cc1cnnc(Cl)c1C1=CCN(C(=O)OCc2ccccc2)CC1. The van der Waals surface area contributed by atoms with Crippen LogP contribution in [0.1, 0.15) is 23.1 Å². The van der Waals surface area contributed by atoms with Gasteiger partial charge >= 0.3 is 6.09 Å². The molecule has 0 atom stereocenters. The number of benzene rings is 1. The van der Waals surface area contributed by atoms with Crippen LogP contribution in [-0.4, -0.2) is 34.3 Å². The van der Waals surface area contributed by atoms with Gasteiger partial charge in [0, 0.05) is 18.7 Å². The Morgan fingerprint density at radius 3 is 2.79 bits per heavy atom. The van der Waals surface area contributed by atoms with Crippen molar-refractivity contribution < 1.29 is 9.53 Å². The minimum absolute atomic E-state index is 0.284. The first kappa shape index (κ1) is 16.5. The van der Waals surface area contributed by atoms with E-state index in [0.717, 1.165) is 22.3 Å². The molecule has 24 heavy (non-hydrogen) atoms. The standard InChI is InChI=1S/C18H18ClN3O2/c1-13-11-20-21-17(19)16(13)15-7-9-22(10-8-15)18(23)24-12-14-5-3-2-4-6-14/h2-7,11H,8-10,12H2,1H3. The van der Waals surface area contributed by atoms with Crippen LogP contribution in [0.3, 0.4) is 0 Å². The van der Waals surface area contributed by atoms with Crippen molar-refractivity contribution in [3.8, 4) is 0 Å². The number of nitrogens with zero attached hydrogens (tertiary/aromatic N) is 3. The summed E-state index contributed by atoms with van der Waals surface area (Å²) in [6.45, 7) is 3.34. The van der Waals surface area contributed by atoms with Gasteiger partial charge in [0.25, 0.3) is 0 Å². The molecule has 6 heteroatoms. The summed E-state index contributed by atoms with van der Waals surface area (Å²) in [6, 6.07) is 9.65. The lowest BCUT2D eigenvalue weighted by Gasteiger charge is -2.26. The van der Waals surface area contributed by atoms with Gasteiger partial charge in [0.2, 0.25) is 0 Å². The summed E-state index contributed by atoms with van der Waals surface area (Å²) in [5.41, 5.74) is 3.98. The van der Waals surface area contributed by atoms with E-state index in [4.69, 9.17) is 16.3 Å². The van der Waals surface area contributed by atoms with Gasteiger partial charge in [-0.05, 0) is 30.0 Å².